The topological polar surface area (TPSA) is 117 Å². The van der Waals surface area contributed by atoms with Crippen LogP contribution < -0.4 is 20.0 Å². The first-order chi connectivity index (χ1) is 26.4. The van der Waals surface area contributed by atoms with E-state index in [9.17, 15) is 19.2 Å². The van der Waals surface area contributed by atoms with Crippen molar-refractivity contribution >= 4 is 50.8 Å². The number of urea groups is 1. The average molecular weight is 728 g/mol. The Morgan fingerprint density at radius 3 is 2.44 bits per heavy atom. The lowest BCUT2D eigenvalue weighted by Gasteiger charge is -2.39. The summed E-state index contributed by atoms with van der Waals surface area (Å²) in [6, 6.07) is 22.8. The Labute approximate surface area is 314 Å². The lowest BCUT2D eigenvalue weighted by atomic mass is 9.89. The highest BCUT2D eigenvalue weighted by Gasteiger charge is 2.30. The molecule has 4 aliphatic rings. The maximum Gasteiger partial charge on any atom is 0.328 e. The van der Waals surface area contributed by atoms with E-state index < -0.39 is 5.82 Å². The number of nitrogens with one attached hydrogen (secondary N) is 2. The van der Waals surface area contributed by atoms with Gasteiger partial charge in [0.15, 0.2) is 5.69 Å². The van der Waals surface area contributed by atoms with Gasteiger partial charge in [-0.3, -0.25) is 20.1 Å². The number of halogens is 1. The van der Waals surface area contributed by atoms with E-state index in [1.807, 2.05) is 18.2 Å². The standard InChI is InChI=1S/C42H46FN9O2/c43-34-10-11-38(41-40(34)35(25-44)46-47-41)50-18-2-3-30(27-50)29-6-8-31(9-7-29)49-21-12-28(13-22-49)26-48-19-14-32(15-20-48)51-23-16-33-36(51)4-1-5-37(33)52-24-17-39(53)45-42(52)54/h1,4-11,16,23,28,30,32H,2-3,12-15,17-22,24,26-27H2,(H,46,47)(H,45,53,54)/t30-/m1/s1. The molecule has 6 heterocycles. The largest absolute Gasteiger partial charge is 0.372 e. The number of nitriles is 1. The molecule has 9 rings (SSSR count). The molecule has 4 aliphatic heterocycles. The van der Waals surface area contributed by atoms with Gasteiger partial charge in [-0.25, -0.2) is 9.18 Å². The van der Waals surface area contributed by atoms with Gasteiger partial charge in [0.05, 0.1) is 27.8 Å². The van der Waals surface area contributed by atoms with E-state index in [2.05, 4.69) is 77.4 Å². The number of rotatable bonds is 7. The highest BCUT2D eigenvalue weighted by molar-refractivity contribution is 6.09. The minimum Gasteiger partial charge on any atom is -0.372 e. The van der Waals surface area contributed by atoms with Crippen LogP contribution in [0, 0.1) is 23.1 Å². The summed E-state index contributed by atoms with van der Waals surface area (Å²) in [5, 5.41) is 20.2. The lowest BCUT2D eigenvalue weighted by Crippen LogP contribution is -2.49. The van der Waals surface area contributed by atoms with Gasteiger partial charge >= 0.3 is 6.03 Å². The zero-order valence-electron chi connectivity index (χ0n) is 30.5. The number of benzene rings is 3. The van der Waals surface area contributed by atoms with E-state index in [0.717, 1.165) is 93.8 Å². The van der Waals surface area contributed by atoms with E-state index in [0.29, 0.717) is 36.4 Å². The fourth-order valence-corrected chi connectivity index (χ4v) is 9.49. The van der Waals surface area contributed by atoms with Gasteiger partial charge in [-0.2, -0.15) is 10.4 Å². The van der Waals surface area contributed by atoms with Crippen LogP contribution in [0.15, 0.2) is 66.9 Å². The SMILES string of the molecule is N#Cc1n[nH]c2c(N3CCC[C@@H](c4ccc(N5CCC(CN6CCC(n7ccc8c(N9CCC(=O)NC9=O)cccc87)CC6)CC5)cc4)C3)ccc(F)c12. The molecule has 1 atom stereocenters. The number of aromatic amines is 1. The number of amides is 3. The molecule has 54 heavy (non-hydrogen) atoms. The molecule has 3 aromatic carbocycles. The van der Waals surface area contributed by atoms with E-state index in [1.54, 1.807) is 11.0 Å². The van der Waals surface area contributed by atoms with Crippen molar-refractivity contribution in [2.75, 3.05) is 67.1 Å². The monoisotopic (exact) mass is 727 g/mol. The maximum atomic E-state index is 14.6. The molecule has 0 unspecified atom stereocenters. The van der Waals surface area contributed by atoms with Gasteiger partial charge < -0.3 is 19.3 Å². The zero-order chi connectivity index (χ0) is 36.8. The Hall–Kier alpha value is -5.41. The van der Waals surface area contributed by atoms with Gasteiger partial charge in [0.1, 0.15) is 11.9 Å². The minimum atomic E-state index is -0.418. The van der Waals surface area contributed by atoms with Crippen LogP contribution in [-0.2, 0) is 4.79 Å². The first-order valence-corrected chi connectivity index (χ1v) is 19.5. The summed E-state index contributed by atoms with van der Waals surface area (Å²) in [6.07, 6.45) is 9.27. The molecule has 4 fully saturated rings. The number of imide groups is 1. The molecule has 12 heteroatoms. The molecule has 0 radical (unpaired) electrons. The number of carbonyl (C=O) groups is 2. The average Bonchev–Trinajstić information content (AvgIpc) is 3.85. The van der Waals surface area contributed by atoms with Crippen LogP contribution in [0.2, 0.25) is 0 Å². The third-order valence-corrected chi connectivity index (χ3v) is 12.4. The molecule has 4 saturated heterocycles. The number of hydrogen-bond acceptors (Lipinski definition) is 7. The van der Waals surface area contributed by atoms with E-state index >= 15 is 0 Å². The Bertz CT molecular complexity index is 2220. The predicted octanol–water partition coefficient (Wildman–Crippen LogP) is 6.91. The Morgan fingerprint density at radius 2 is 1.67 bits per heavy atom. The fraction of sp³-hybridized carbons (Fsp3) is 0.429. The molecule has 0 aliphatic carbocycles. The smallest absolute Gasteiger partial charge is 0.328 e. The molecular weight excluding hydrogens is 682 g/mol. The van der Waals surface area contributed by atoms with Crippen molar-refractivity contribution < 1.29 is 14.0 Å². The van der Waals surface area contributed by atoms with Crippen molar-refractivity contribution in [2.24, 2.45) is 5.92 Å². The summed E-state index contributed by atoms with van der Waals surface area (Å²) in [5.41, 5.74) is 6.25. The van der Waals surface area contributed by atoms with Crippen LogP contribution in [0.5, 0.6) is 0 Å². The van der Waals surface area contributed by atoms with E-state index in [4.69, 9.17) is 0 Å². The van der Waals surface area contributed by atoms with Crippen LogP contribution in [0.1, 0.15) is 68.2 Å². The number of aromatic nitrogens is 3. The minimum absolute atomic E-state index is 0.101. The van der Waals surface area contributed by atoms with Crippen LogP contribution >= 0.6 is 0 Å². The number of likely N-dealkylation sites (tertiary alicyclic amines) is 1. The number of nitrogens with zero attached hydrogens (tertiary/aromatic N) is 7. The Morgan fingerprint density at radius 1 is 0.852 bits per heavy atom. The van der Waals surface area contributed by atoms with Gasteiger partial charge in [0, 0.05) is 88.0 Å². The highest BCUT2D eigenvalue weighted by Crippen LogP contribution is 2.37. The van der Waals surface area contributed by atoms with Crippen LogP contribution in [0.4, 0.5) is 26.2 Å². The molecule has 5 aromatic rings. The number of hydrogen-bond donors (Lipinski definition) is 2. The van der Waals surface area contributed by atoms with Crippen molar-refractivity contribution in [1.82, 2.24) is 25.0 Å². The van der Waals surface area contributed by atoms with Gasteiger partial charge in [-0.05, 0) is 92.5 Å². The summed E-state index contributed by atoms with van der Waals surface area (Å²) in [4.78, 5) is 33.5. The van der Waals surface area contributed by atoms with E-state index in [1.165, 1.54) is 30.2 Å². The lowest BCUT2D eigenvalue weighted by molar-refractivity contribution is -0.120. The summed E-state index contributed by atoms with van der Waals surface area (Å²) in [6.45, 7) is 7.64. The number of H-pyrrole nitrogens is 1. The summed E-state index contributed by atoms with van der Waals surface area (Å²) in [7, 11) is 0. The van der Waals surface area contributed by atoms with Gasteiger partial charge in [0.2, 0.25) is 5.91 Å². The van der Waals surface area contributed by atoms with Crippen molar-refractivity contribution in [3.63, 3.8) is 0 Å². The summed E-state index contributed by atoms with van der Waals surface area (Å²) in [5.74, 6) is 0.456. The molecule has 278 valence electrons. The van der Waals surface area contributed by atoms with Gasteiger partial charge in [-0.15, -0.1) is 0 Å². The highest BCUT2D eigenvalue weighted by atomic mass is 19.1. The second-order valence-electron chi connectivity index (χ2n) is 15.5. The zero-order valence-corrected chi connectivity index (χ0v) is 30.5. The second kappa shape index (κ2) is 14.4. The van der Waals surface area contributed by atoms with Crippen molar-refractivity contribution in [3.8, 4) is 6.07 Å². The van der Waals surface area contributed by atoms with Crippen LogP contribution in [0.25, 0.3) is 21.8 Å². The van der Waals surface area contributed by atoms with E-state index in [-0.39, 0.29) is 23.0 Å². The molecule has 0 saturated carbocycles. The fourth-order valence-electron chi connectivity index (χ4n) is 9.49. The molecule has 3 amide bonds. The van der Waals surface area contributed by atoms with Crippen LogP contribution in [0.3, 0.4) is 0 Å². The Kier molecular flexibility index (Phi) is 9.19. The molecule has 11 nitrogen and oxygen atoms in total. The number of piperidine rings is 3. The predicted molar refractivity (Wildman–Crippen MR) is 208 cm³/mol. The first-order valence-electron chi connectivity index (χ1n) is 19.5. The molecule has 0 spiro atoms. The Balaban J connectivity index is 0.766. The third-order valence-electron chi connectivity index (χ3n) is 12.4. The third kappa shape index (κ3) is 6.44. The normalized spacial score (nSPS) is 20.9. The van der Waals surface area contributed by atoms with Crippen LogP contribution in [-0.4, -0.2) is 84.0 Å². The van der Waals surface area contributed by atoms with Crippen molar-refractivity contribution in [3.05, 3.63) is 83.9 Å². The van der Waals surface area contributed by atoms with Gasteiger partial charge in [0.25, 0.3) is 0 Å². The molecule has 2 aromatic heterocycles. The number of fused-ring (bicyclic) bond motifs is 2. The first kappa shape index (κ1) is 34.4. The summed E-state index contributed by atoms with van der Waals surface area (Å²) < 4.78 is 17.0. The number of anilines is 3. The molecule has 0 bridgehead atoms. The van der Waals surface area contributed by atoms with Gasteiger partial charge in [-0.1, -0.05) is 18.2 Å². The van der Waals surface area contributed by atoms with Crippen molar-refractivity contribution in [2.45, 2.75) is 56.9 Å². The van der Waals surface area contributed by atoms with Crippen molar-refractivity contribution in [1.29, 1.82) is 5.26 Å². The molecule has 2 N–H and O–H groups in total. The second-order valence-corrected chi connectivity index (χ2v) is 15.5. The maximum absolute atomic E-state index is 14.6. The quantitative estimate of drug-likeness (QED) is 0.187. The number of carbonyl (C=O) groups excluding carboxylic acids is 2. The summed E-state index contributed by atoms with van der Waals surface area (Å²) >= 11 is 0. The molecular formula is C42H46FN9O2.